The maximum absolute atomic E-state index is 13.7. The standard InChI is InChI=1S/C26H30N4O6/c1-4-18-14-19-21(25(33)30(18)15-20(31)16-8-6-5-7-9-16)23(36-3)22(28(19)2)24(32)27-17-10-12-29(13-11-17)26(34)35/h5-9,14,17H,4,10-13,15H2,1-3H3,(H,27,32)(H,34,35). The first-order valence-electron chi connectivity index (χ1n) is 11.9. The number of ketones is 1. The number of hydrogen-bond donors (Lipinski definition) is 2. The molecule has 10 heteroatoms. The van der Waals surface area contributed by atoms with Crippen LogP contribution in [0.2, 0.25) is 0 Å². The average molecular weight is 495 g/mol. The van der Waals surface area contributed by atoms with Crippen LogP contribution in [0.4, 0.5) is 4.79 Å². The molecule has 4 rings (SSSR count). The fraction of sp³-hybridized carbons (Fsp3) is 0.385. The molecule has 1 saturated heterocycles. The molecule has 2 N–H and O–H groups in total. The number of hydrogen-bond acceptors (Lipinski definition) is 5. The Balaban J connectivity index is 1.70. The topological polar surface area (TPSA) is 123 Å². The molecule has 3 aromatic rings. The van der Waals surface area contributed by atoms with Crippen molar-refractivity contribution in [1.29, 1.82) is 0 Å². The number of amides is 2. The maximum atomic E-state index is 13.7. The maximum Gasteiger partial charge on any atom is 0.407 e. The minimum atomic E-state index is -0.969. The lowest BCUT2D eigenvalue weighted by Gasteiger charge is -2.30. The Hall–Kier alpha value is -4.08. The van der Waals surface area contributed by atoms with E-state index in [9.17, 15) is 19.2 Å². The Morgan fingerprint density at radius 2 is 1.81 bits per heavy atom. The number of likely N-dealkylation sites (tertiary alicyclic amines) is 1. The number of carbonyl (C=O) groups is 3. The summed E-state index contributed by atoms with van der Waals surface area (Å²) in [5.74, 6) is -0.433. The number of Topliss-reactive ketones (excluding diaryl/α,β-unsaturated/α-hetero) is 1. The summed E-state index contributed by atoms with van der Waals surface area (Å²) in [4.78, 5) is 52.3. The number of nitrogens with one attached hydrogen (secondary N) is 1. The number of nitrogens with zero attached hydrogens (tertiary/aromatic N) is 3. The predicted octanol–water partition coefficient (Wildman–Crippen LogP) is 2.67. The minimum absolute atomic E-state index is 0.121. The zero-order valence-corrected chi connectivity index (χ0v) is 20.6. The van der Waals surface area contributed by atoms with E-state index in [1.165, 1.54) is 16.6 Å². The highest BCUT2D eigenvalue weighted by Crippen LogP contribution is 2.31. The Labute approximate surface area is 208 Å². The van der Waals surface area contributed by atoms with Crippen LogP contribution in [0.5, 0.6) is 5.75 Å². The molecule has 1 fully saturated rings. The summed E-state index contributed by atoms with van der Waals surface area (Å²) >= 11 is 0. The number of methoxy groups -OCH3 is 1. The van der Waals surface area contributed by atoms with Crippen LogP contribution < -0.4 is 15.6 Å². The lowest BCUT2D eigenvalue weighted by Crippen LogP contribution is -2.46. The summed E-state index contributed by atoms with van der Waals surface area (Å²) in [6, 6.07) is 10.4. The number of ether oxygens (including phenoxy) is 1. The smallest absolute Gasteiger partial charge is 0.407 e. The quantitative estimate of drug-likeness (QED) is 0.487. The highest BCUT2D eigenvalue weighted by atomic mass is 16.5. The lowest BCUT2D eigenvalue weighted by atomic mass is 10.1. The van der Waals surface area contributed by atoms with Crippen molar-refractivity contribution in [3.05, 3.63) is 63.7 Å². The van der Waals surface area contributed by atoms with Crippen molar-refractivity contribution in [2.45, 2.75) is 38.8 Å². The van der Waals surface area contributed by atoms with Crippen molar-refractivity contribution in [3.63, 3.8) is 0 Å². The average Bonchev–Trinajstić information content (AvgIpc) is 3.17. The number of carboxylic acid groups (broad SMARTS) is 1. The van der Waals surface area contributed by atoms with Crippen molar-refractivity contribution in [2.24, 2.45) is 7.05 Å². The molecule has 0 unspecified atom stereocenters. The van der Waals surface area contributed by atoms with Crippen molar-refractivity contribution in [1.82, 2.24) is 19.4 Å². The monoisotopic (exact) mass is 494 g/mol. The van der Waals surface area contributed by atoms with Gasteiger partial charge in [0.2, 0.25) is 0 Å². The van der Waals surface area contributed by atoms with Gasteiger partial charge in [-0.2, -0.15) is 0 Å². The summed E-state index contributed by atoms with van der Waals surface area (Å²) in [5.41, 5.74) is 1.55. The van der Waals surface area contributed by atoms with E-state index in [1.54, 1.807) is 35.9 Å². The molecule has 0 spiro atoms. The van der Waals surface area contributed by atoms with Crippen LogP contribution in [-0.4, -0.2) is 63.2 Å². The molecule has 2 aromatic heterocycles. The number of benzene rings is 1. The van der Waals surface area contributed by atoms with Crippen LogP contribution in [0.3, 0.4) is 0 Å². The number of piperidine rings is 1. The first-order valence-corrected chi connectivity index (χ1v) is 11.9. The SMILES string of the molecule is CCc1cc2c(c(OC)c(C(=O)NC3CCN(C(=O)O)CC3)n2C)c(=O)n1CC(=O)c1ccccc1. The van der Waals surface area contributed by atoms with E-state index in [0.29, 0.717) is 49.1 Å². The molecule has 36 heavy (non-hydrogen) atoms. The van der Waals surface area contributed by atoms with E-state index in [4.69, 9.17) is 9.84 Å². The third kappa shape index (κ3) is 4.58. The van der Waals surface area contributed by atoms with Crippen molar-refractivity contribution >= 4 is 28.7 Å². The van der Waals surface area contributed by atoms with Gasteiger partial charge in [0.25, 0.3) is 11.5 Å². The molecule has 10 nitrogen and oxygen atoms in total. The van der Waals surface area contributed by atoms with Gasteiger partial charge in [0.15, 0.2) is 17.2 Å². The molecule has 1 aromatic carbocycles. The van der Waals surface area contributed by atoms with E-state index >= 15 is 0 Å². The van der Waals surface area contributed by atoms with Crippen molar-refractivity contribution < 1.29 is 24.2 Å². The normalized spacial score (nSPS) is 14.1. The molecule has 2 amide bonds. The van der Waals surface area contributed by atoms with Crippen LogP contribution >= 0.6 is 0 Å². The van der Waals surface area contributed by atoms with E-state index in [0.717, 1.165) is 0 Å². The van der Waals surface area contributed by atoms with Crippen LogP contribution in [0.25, 0.3) is 10.9 Å². The molecule has 0 aliphatic carbocycles. The van der Waals surface area contributed by atoms with E-state index in [1.807, 2.05) is 19.1 Å². The Morgan fingerprint density at radius 3 is 2.39 bits per heavy atom. The van der Waals surface area contributed by atoms with Gasteiger partial charge in [-0.25, -0.2) is 4.79 Å². The molecule has 0 bridgehead atoms. The van der Waals surface area contributed by atoms with Crippen LogP contribution in [0.15, 0.2) is 41.2 Å². The Bertz CT molecular complexity index is 1370. The molecule has 190 valence electrons. The summed E-state index contributed by atoms with van der Waals surface area (Å²) < 4.78 is 8.66. The Kier molecular flexibility index (Phi) is 7.14. The number of aromatic nitrogens is 2. The Morgan fingerprint density at radius 1 is 1.14 bits per heavy atom. The van der Waals surface area contributed by atoms with Gasteiger partial charge in [0.05, 0.1) is 19.2 Å². The molecular weight excluding hydrogens is 464 g/mol. The fourth-order valence-electron chi connectivity index (χ4n) is 4.80. The van der Waals surface area contributed by atoms with Crippen molar-refractivity contribution in [3.8, 4) is 5.75 Å². The fourth-order valence-corrected chi connectivity index (χ4v) is 4.80. The van der Waals surface area contributed by atoms with Gasteiger partial charge in [-0.05, 0) is 25.3 Å². The summed E-state index contributed by atoms with van der Waals surface area (Å²) in [6.07, 6.45) is 0.547. The second kappa shape index (κ2) is 10.3. The molecule has 0 radical (unpaired) electrons. The molecule has 0 atom stereocenters. The summed E-state index contributed by atoms with van der Waals surface area (Å²) in [5, 5.41) is 12.4. The van der Waals surface area contributed by atoms with E-state index in [-0.39, 0.29) is 35.2 Å². The highest BCUT2D eigenvalue weighted by molar-refractivity contribution is 6.04. The van der Waals surface area contributed by atoms with Crippen LogP contribution in [0, 0.1) is 0 Å². The van der Waals surface area contributed by atoms with Gasteiger partial charge in [-0.15, -0.1) is 0 Å². The van der Waals surface area contributed by atoms with Gasteiger partial charge < -0.3 is 29.2 Å². The second-order valence-electron chi connectivity index (χ2n) is 8.89. The van der Waals surface area contributed by atoms with Gasteiger partial charge in [-0.1, -0.05) is 37.3 Å². The number of aryl methyl sites for hydroxylation is 2. The lowest BCUT2D eigenvalue weighted by molar-refractivity contribution is 0.0895. The highest BCUT2D eigenvalue weighted by Gasteiger charge is 2.29. The largest absolute Gasteiger partial charge is 0.493 e. The molecule has 3 heterocycles. The van der Waals surface area contributed by atoms with Crippen LogP contribution in [0.1, 0.15) is 46.3 Å². The van der Waals surface area contributed by atoms with Gasteiger partial charge in [0, 0.05) is 37.4 Å². The molecule has 1 aliphatic rings. The number of fused-ring (bicyclic) bond motifs is 1. The first-order chi connectivity index (χ1) is 17.3. The van der Waals surface area contributed by atoms with Gasteiger partial charge in [-0.3, -0.25) is 14.4 Å². The third-order valence-corrected chi connectivity index (χ3v) is 6.78. The zero-order chi connectivity index (χ0) is 26.0. The molecule has 0 saturated carbocycles. The number of carbonyl (C=O) groups excluding carboxylic acids is 2. The number of rotatable bonds is 7. The summed E-state index contributed by atoms with van der Waals surface area (Å²) in [7, 11) is 3.11. The second-order valence-corrected chi connectivity index (χ2v) is 8.89. The van der Waals surface area contributed by atoms with Crippen molar-refractivity contribution in [2.75, 3.05) is 20.2 Å². The molecular formula is C26H30N4O6. The summed E-state index contributed by atoms with van der Waals surface area (Å²) in [6.45, 7) is 2.46. The van der Waals surface area contributed by atoms with Gasteiger partial charge in [0.1, 0.15) is 5.39 Å². The van der Waals surface area contributed by atoms with E-state index < -0.39 is 17.6 Å². The van der Waals surface area contributed by atoms with E-state index in [2.05, 4.69) is 5.32 Å². The number of pyridine rings is 1. The van der Waals surface area contributed by atoms with Crippen LogP contribution in [-0.2, 0) is 20.0 Å². The predicted molar refractivity (Wildman–Crippen MR) is 134 cm³/mol. The minimum Gasteiger partial charge on any atom is -0.493 e. The zero-order valence-electron chi connectivity index (χ0n) is 20.6. The third-order valence-electron chi connectivity index (χ3n) is 6.78. The van der Waals surface area contributed by atoms with Gasteiger partial charge >= 0.3 is 6.09 Å². The molecule has 1 aliphatic heterocycles. The first kappa shape index (κ1) is 25.0.